The Balaban J connectivity index is 2.07. The van der Waals surface area contributed by atoms with E-state index in [1.807, 2.05) is 0 Å². The largest absolute Gasteiger partial charge is 0.508 e. The van der Waals surface area contributed by atoms with Crippen LogP contribution in [0.5, 0.6) is 11.5 Å². The van der Waals surface area contributed by atoms with Crippen molar-refractivity contribution in [2.75, 3.05) is 0 Å². The molecule has 0 saturated heterocycles. The number of aryl methyl sites for hydroxylation is 1. The van der Waals surface area contributed by atoms with Crippen molar-refractivity contribution in [3.63, 3.8) is 0 Å². The summed E-state index contributed by atoms with van der Waals surface area (Å²) in [5, 5.41) is 13.2. The Kier molecular flexibility index (Phi) is 2.76. The summed E-state index contributed by atoms with van der Waals surface area (Å²) < 4.78 is 10.3. The lowest BCUT2D eigenvalue weighted by Gasteiger charge is -2.07. The minimum atomic E-state index is 0.210. The fourth-order valence-electron chi connectivity index (χ4n) is 1.30. The number of rotatable bonds is 3. The zero-order valence-corrected chi connectivity index (χ0v) is 9.10. The standard InChI is InChI=1S/C11H12N2O3/c1-7-9(14)4-3-5-10(7)15-6-11-12-8(2)16-13-11/h3-5,14H,6H2,1-2H3. The number of benzene rings is 1. The van der Waals surface area contributed by atoms with Gasteiger partial charge in [0.1, 0.15) is 11.5 Å². The highest BCUT2D eigenvalue weighted by Gasteiger charge is 2.06. The number of aromatic nitrogens is 2. The number of ether oxygens (including phenoxy) is 1. The predicted molar refractivity (Wildman–Crippen MR) is 56.2 cm³/mol. The van der Waals surface area contributed by atoms with E-state index in [1.165, 1.54) is 0 Å². The van der Waals surface area contributed by atoms with Crippen molar-refractivity contribution in [1.29, 1.82) is 0 Å². The molecule has 1 aromatic carbocycles. The third kappa shape index (κ3) is 2.13. The molecule has 0 aliphatic carbocycles. The minimum Gasteiger partial charge on any atom is -0.508 e. The summed E-state index contributed by atoms with van der Waals surface area (Å²) in [4.78, 5) is 4.01. The van der Waals surface area contributed by atoms with Crippen molar-refractivity contribution < 1.29 is 14.4 Å². The highest BCUT2D eigenvalue weighted by Crippen LogP contribution is 2.26. The molecule has 2 rings (SSSR count). The van der Waals surface area contributed by atoms with Gasteiger partial charge in [0.25, 0.3) is 0 Å². The van der Waals surface area contributed by atoms with Gasteiger partial charge in [-0.1, -0.05) is 11.2 Å². The summed E-state index contributed by atoms with van der Waals surface area (Å²) in [5.41, 5.74) is 0.697. The highest BCUT2D eigenvalue weighted by atomic mass is 16.5. The molecule has 0 amide bonds. The van der Waals surface area contributed by atoms with Crippen molar-refractivity contribution >= 4 is 0 Å². The first-order chi connectivity index (χ1) is 7.66. The number of hydrogen-bond acceptors (Lipinski definition) is 5. The van der Waals surface area contributed by atoms with Gasteiger partial charge in [-0.05, 0) is 19.1 Å². The summed E-state index contributed by atoms with van der Waals surface area (Å²) in [5.74, 6) is 1.82. The molecule has 2 aromatic rings. The fourth-order valence-corrected chi connectivity index (χ4v) is 1.30. The van der Waals surface area contributed by atoms with Crippen molar-refractivity contribution in [3.05, 3.63) is 35.5 Å². The van der Waals surface area contributed by atoms with Gasteiger partial charge in [-0.2, -0.15) is 4.98 Å². The SMILES string of the molecule is Cc1nc(COc2cccc(O)c2C)no1. The average molecular weight is 220 g/mol. The molecule has 84 valence electrons. The van der Waals surface area contributed by atoms with Gasteiger partial charge in [0.15, 0.2) is 6.61 Å². The van der Waals surface area contributed by atoms with Crippen LogP contribution in [0.3, 0.4) is 0 Å². The van der Waals surface area contributed by atoms with Crippen LogP contribution in [0, 0.1) is 13.8 Å². The second kappa shape index (κ2) is 4.22. The monoisotopic (exact) mass is 220 g/mol. The predicted octanol–water partition coefficient (Wildman–Crippen LogP) is 1.97. The molecule has 0 aliphatic heterocycles. The van der Waals surface area contributed by atoms with Gasteiger partial charge >= 0.3 is 0 Å². The van der Waals surface area contributed by atoms with Gasteiger partial charge in [-0.15, -0.1) is 0 Å². The third-order valence-corrected chi connectivity index (χ3v) is 2.18. The minimum absolute atomic E-state index is 0.210. The fraction of sp³-hybridized carbons (Fsp3) is 0.273. The highest BCUT2D eigenvalue weighted by molar-refractivity contribution is 5.42. The van der Waals surface area contributed by atoms with Gasteiger partial charge < -0.3 is 14.4 Å². The first kappa shape index (κ1) is 10.5. The summed E-state index contributed by atoms with van der Waals surface area (Å²) in [6.07, 6.45) is 0. The van der Waals surface area contributed by atoms with E-state index in [1.54, 1.807) is 32.0 Å². The van der Waals surface area contributed by atoms with Crippen molar-refractivity contribution in [2.24, 2.45) is 0 Å². The quantitative estimate of drug-likeness (QED) is 0.856. The summed E-state index contributed by atoms with van der Waals surface area (Å²) in [7, 11) is 0. The van der Waals surface area contributed by atoms with Gasteiger partial charge in [0, 0.05) is 12.5 Å². The molecule has 0 fully saturated rings. The van der Waals surface area contributed by atoms with Crippen LogP contribution in [0.1, 0.15) is 17.3 Å². The molecule has 0 atom stereocenters. The molecule has 5 heteroatoms. The maximum Gasteiger partial charge on any atom is 0.223 e. The van der Waals surface area contributed by atoms with E-state index in [2.05, 4.69) is 10.1 Å². The average Bonchev–Trinajstić information content (AvgIpc) is 2.67. The molecular formula is C11H12N2O3. The first-order valence-electron chi connectivity index (χ1n) is 4.87. The Labute approximate surface area is 92.7 Å². The van der Waals surface area contributed by atoms with E-state index < -0.39 is 0 Å². The molecule has 1 N–H and O–H groups in total. The molecule has 0 aliphatic rings. The molecule has 0 unspecified atom stereocenters. The molecule has 5 nitrogen and oxygen atoms in total. The van der Waals surface area contributed by atoms with Crippen LogP contribution in [0.15, 0.2) is 22.7 Å². The lowest BCUT2D eigenvalue weighted by atomic mass is 10.2. The van der Waals surface area contributed by atoms with Crippen molar-refractivity contribution in [2.45, 2.75) is 20.5 Å². The van der Waals surface area contributed by atoms with Crippen LogP contribution in [0.4, 0.5) is 0 Å². The number of phenols is 1. The van der Waals surface area contributed by atoms with Gasteiger partial charge in [-0.3, -0.25) is 0 Å². The van der Waals surface area contributed by atoms with Crippen LogP contribution < -0.4 is 4.74 Å². The molecule has 1 aromatic heterocycles. The van der Waals surface area contributed by atoms with E-state index in [9.17, 15) is 5.11 Å². The smallest absolute Gasteiger partial charge is 0.223 e. The Bertz CT molecular complexity index is 494. The zero-order chi connectivity index (χ0) is 11.5. The summed E-state index contributed by atoms with van der Waals surface area (Å²) >= 11 is 0. The molecule has 0 spiro atoms. The Morgan fingerprint density at radius 3 is 2.88 bits per heavy atom. The molecule has 0 radical (unpaired) electrons. The lowest BCUT2D eigenvalue weighted by Crippen LogP contribution is -1.98. The van der Waals surface area contributed by atoms with Gasteiger partial charge in [0.05, 0.1) is 0 Å². The van der Waals surface area contributed by atoms with E-state index in [0.717, 1.165) is 0 Å². The normalized spacial score (nSPS) is 10.4. The zero-order valence-electron chi connectivity index (χ0n) is 9.10. The van der Waals surface area contributed by atoms with Crippen LogP contribution in [0.2, 0.25) is 0 Å². The van der Waals surface area contributed by atoms with Gasteiger partial charge in [-0.25, -0.2) is 0 Å². The van der Waals surface area contributed by atoms with E-state index in [0.29, 0.717) is 23.0 Å². The third-order valence-electron chi connectivity index (χ3n) is 2.18. The molecule has 1 heterocycles. The van der Waals surface area contributed by atoms with Crippen LogP contribution in [-0.4, -0.2) is 15.2 Å². The topological polar surface area (TPSA) is 68.4 Å². The van der Waals surface area contributed by atoms with Crippen molar-refractivity contribution in [1.82, 2.24) is 10.1 Å². The maximum atomic E-state index is 9.47. The van der Waals surface area contributed by atoms with E-state index in [-0.39, 0.29) is 12.4 Å². The van der Waals surface area contributed by atoms with Crippen LogP contribution >= 0.6 is 0 Å². The number of hydrogen-bond donors (Lipinski definition) is 1. The van der Waals surface area contributed by atoms with Crippen molar-refractivity contribution in [3.8, 4) is 11.5 Å². The molecular weight excluding hydrogens is 208 g/mol. The molecule has 0 bridgehead atoms. The Morgan fingerprint density at radius 2 is 2.19 bits per heavy atom. The lowest BCUT2D eigenvalue weighted by molar-refractivity contribution is 0.282. The number of aromatic hydroxyl groups is 1. The van der Waals surface area contributed by atoms with E-state index >= 15 is 0 Å². The second-order valence-electron chi connectivity index (χ2n) is 3.42. The number of nitrogens with zero attached hydrogens (tertiary/aromatic N) is 2. The van der Waals surface area contributed by atoms with E-state index in [4.69, 9.17) is 9.26 Å². The molecule has 0 saturated carbocycles. The van der Waals surface area contributed by atoms with Crippen LogP contribution in [-0.2, 0) is 6.61 Å². The number of phenolic OH excluding ortho intramolecular Hbond substituents is 1. The van der Waals surface area contributed by atoms with Gasteiger partial charge in [0.2, 0.25) is 11.7 Å². The second-order valence-corrected chi connectivity index (χ2v) is 3.42. The van der Waals surface area contributed by atoms with Crippen LogP contribution in [0.25, 0.3) is 0 Å². The Hall–Kier alpha value is -2.04. The summed E-state index contributed by atoms with van der Waals surface area (Å²) in [6.45, 7) is 3.73. The first-order valence-corrected chi connectivity index (χ1v) is 4.87. The molecule has 16 heavy (non-hydrogen) atoms. The Morgan fingerprint density at radius 1 is 1.38 bits per heavy atom. The summed E-state index contributed by atoms with van der Waals surface area (Å²) in [6, 6.07) is 5.11. The maximum absolute atomic E-state index is 9.47.